The molecule has 1 aliphatic heterocycles. The van der Waals surface area contributed by atoms with Gasteiger partial charge in [0.25, 0.3) is 0 Å². The number of nitrogens with zero attached hydrogens (tertiary/aromatic N) is 2. The second-order valence-electron chi connectivity index (χ2n) is 3.69. The number of rotatable bonds is 1. The normalized spacial score (nSPS) is 17.0. The van der Waals surface area contributed by atoms with E-state index < -0.39 is 0 Å². The Kier molecular flexibility index (Phi) is 2.43. The Morgan fingerprint density at radius 1 is 1.14 bits per heavy atom. The van der Waals surface area contributed by atoms with Crippen LogP contribution in [0, 0.1) is 0 Å². The van der Waals surface area contributed by atoms with Crippen LogP contribution in [0.2, 0.25) is 0 Å². The van der Waals surface area contributed by atoms with Crippen molar-refractivity contribution < 1.29 is 0 Å². The third-order valence-electron chi connectivity index (χ3n) is 2.66. The standard InChI is InChI=1S/C10H16N4/c11-8-4-5-13-10(9(8)12)14-6-2-1-3-7-14/h4-5H,1-3,6-7,12H2,(H2,11,13). The van der Waals surface area contributed by atoms with Crippen molar-refractivity contribution in [3.05, 3.63) is 12.3 Å². The first-order valence-corrected chi connectivity index (χ1v) is 5.04. The van der Waals surface area contributed by atoms with E-state index in [9.17, 15) is 0 Å². The number of hydrogen-bond donors (Lipinski definition) is 2. The van der Waals surface area contributed by atoms with E-state index in [0.717, 1.165) is 18.9 Å². The molecule has 1 fully saturated rings. The summed E-state index contributed by atoms with van der Waals surface area (Å²) in [6.07, 6.45) is 5.46. The molecule has 4 heteroatoms. The highest BCUT2D eigenvalue weighted by atomic mass is 15.2. The zero-order chi connectivity index (χ0) is 9.97. The summed E-state index contributed by atoms with van der Waals surface area (Å²) >= 11 is 0. The van der Waals surface area contributed by atoms with E-state index >= 15 is 0 Å². The van der Waals surface area contributed by atoms with E-state index in [1.165, 1.54) is 19.3 Å². The maximum Gasteiger partial charge on any atom is 0.153 e. The number of hydrogen-bond acceptors (Lipinski definition) is 4. The molecule has 0 radical (unpaired) electrons. The Morgan fingerprint density at radius 2 is 1.86 bits per heavy atom. The smallest absolute Gasteiger partial charge is 0.153 e. The van der Waals surface area contributed by atoms with Gasteiger partial charge in [-0.3, -0.25) is 0 Å². The summed E-state index contributed by atoms with van der Waals surface area (Å²) in [4.78, 5) is 6.50. The lowest BCUT2D eigenvalue weighted by Gasteiger charge is -2.28. The molecular formula is C10H16N4. The molecule has 2 rings (SSSR count). The van der Waals surface area contributed by atoms with Crippen molar-refractivity contribution in [2.45, 2.75) is 19.3 Å². The fraction of sp³-hybridized carbons (Fsp3) is 0.500. The lowest BCUT2D eigenvalue weighted by molar-refractivity contribution is 0.574. The first-order valence-electron chi connectivity index (χ1n) is 5.04. The summed E-state index contributed by atoms with van der Waals surface area (Å²) in [6.45, 7) is 2.08. The lowest BCUT2D eigenvalue weighted by Crippen LogP contribution is -2.31. The van der Waals surface area contributed by atoms with Crippen molar-refractivity contribution in [3.8, 4) is 0 Å². The van der Waals surface area contributed by atoms with Crippen LogP contribution in [0.5, 0.6) is 0 Å². The first-order chi connectivity index (χ1) is 6.79. The van der Waals surface area contributed by atoms with Crippen molar-refractivity contribution >= 4 is 17.2 Å². The molecule has 14 heavy (non-hydrogen) atoms. The number of nitrogens with two attached hydrogens (primary N) is 2. The highest BCUT2D eigenvalue weighted by Gasteiger charge is 2.15. The summed E-state index contributed by atoms with van der Waals surface area (Å²) in [5, 5.41) is 0. The molecule has 4 nitrogen and oxygen atoms in total. The molecule has 76 valence electrons. The minimum Gasteiger partial charge on any atom is -0.397 e. The van der Waals surface area contributed by atoms with E-state index in [1.807, 2.05) is 0 Å². The van der Waals surface area contributed by atoms with Crippen LogP contribution in [0.3, 0.4) is 0 Å². The van der Waals surface area contributed by atoms with E-state index in [4.69, 9.17) is 11.5 Å². The van der Waals surface area contributed by atoms with E-state index in [2.05, 4.69) is 9.88 Å². The van der Waals surface area contributed by atoms with Crippen LogP contribution >= 0.6 is 0 Å². The van der Waals surface area contributed by atoms with Gasteiger partial charge in [0.05, 0.1) is 11.4 Å². The molecule has 1 aromatic rings. The molecule has 0 spiro atoms. The van der Waals surface area contributed by atoms with Gasteiger partial charge in [0.15, 0.2) is 5.82 Å². The number of pyridine rings is 1. The van der Waals surface area contributed by atoms with E-state index in [0.29, 0.717) is 11.4 Å². The van der Waals surface area contributed by atoms with Crippen LogP contribution in [-0.4, -0.2) is 18.1 Å². The summed E-state index contributed by atoms with van der Waals surface area (Å²) in [6, 6.07) is 1.74. The van der Waals surface area contributed by atoms with Gasteiger partial charge in [-0.05, 0) is 25.3 Å². The molecule has 0 aliphatic carbocycles. The zero-order valence-corrected chi connectivity index (χ0v) is 8.24. The maximum atomic E-state index is 5.88. The molecule has 1 aromatic heterocycles. The number of aromatic nitrogens is 1. The number of piperidine rings is 1. The Hall–Kier alpha value is -1.45. The summed E-state index contributed by atoms with van der Waals surface area (Å²) in [5.41, 5.74) is 12.9. The van der Waals surface area contributed by atoms with Gasteiger partial charge in [-0.1, -0.05) is 0 Å². The largest absolute Gasteiger partial charge is 0.397 e. The summed E-state index contributed by atoms with van der Waals surface area (Å²) < 4.78 is 0. The topological polar surface area (TPSA) is 68.2 Å². The molecular weight excluding hydrogens is 176 g/mol. The lowest BCUT2D eigenvalue weighted by atomic mass is 10.1. The third-order valence-corrected chi connectivity index (χ3v) is 2.66. The van der Waals surface area contributed by atoms with Crippen molar-refractivity contribution in [1.82, 2.24) is 4.98 Å². The average molecular weight is 192 g/mol. The zero-order valence-electron chi connectivity index (χ0n) is 8.24. The molecule has 0 bridgehead atoms. The average Bonchev–Trinajstić information content (AvgIpc) is 2.23. The highest BCUT2D eigenvalue weighted by molar-refractivity contribution is 5.76. The molecule has 4 N–H and O–H groups in total. The van der Waals surface area contributed by atoms with Crippen molar-refractivity contribution in [2.75, 3.05) is 29.5 Å². The van der Waals surface area contributed by atoms with Gasteiger partial charge < -0.3 is 16.4 Å². The molecule has 0 unspecified atom stereocenters. The van der Waals surface area contributed by atoms with E-state index in [-0.39, 0.29) is 0 Å². The van der Waals surface area contributed by atoms with Gasteiger partial charge in [0.2, 0.25) is 0 Å². The van der Waals surface area contributed by atoms with Crippen molar-refractivity contribution in [2.24, 2.45) is 0 Å². The molecule has 0 atom stereocenters. The van der Waals surface area contributed by atoms with Crippen LogP contribution in [0.4, 0.5) is 17.2 Å². The van der Waals surface area contributed by atoms with Crippen LogP contribution in [0.25, 0.3) is 0 Å². The SMILES string of the molecule is Nc1ccnc(N2CCCCC2)c1N. The summed E-state index contributed by atoms with van der Waals surface area (Å²) in [5.74, 6) is 0.852. The molecule has 0 amide bonds. The number of nitrogen functional groups attached to an aromatic ring is 2. The summed E-state index contributed by atoms with van der Waals surface area (Å²) in [7, 11) is 0. The van der Waals surface area contributed by atoms with Crippen molar-refractivity contribution in [3.63, 3.8) is 0 Å². The fourth-order valence-corrected chi connectivity index (χ4v) is 1.83. The Balaban J connectivity index is 2.26. The van der Waals surface area contributed by atoms with Crippen LogP contribution < -0.4 is 16.4 Å². The predicted octanol–water partition coefficient (Wildman–Crippen LogP) is 1.24. The Bertz CT molecular complexity index is 318. The van der Waals surface area contributed by atoms with Gasteiger partial charge in [0, 0.05) is 19.3 Å². The molecule has 0 aromatic carbocycles. The van der Waals surface area contributed by atoms with Crippen LogP contribution in [-0.2, 0) is 0 Å². The van der Waals surface area contributed by atoms with Gasteiger partial charge in [0.1, 0.15) is 0 Å². The fourth-order valence-electron chi connectivity index (χ4n) is 1.83. The highest BCUT2D eigenvalue weighted by Crippen LogP contribution is 2.27. The second-order valence-corrected chi connectivity index (χ2v) is 3.69. The van der Waals surface area contributed by atoms with Gasteiger partial charge in [-0.25, -0.2) is 4.98 Å². The van der Waals surface area contributed by atoms with Gasteiger partial charge in [-0.15, -0.1) is 0 Å². The molecule has 2 heterocycles. The van der Waals surface area contributed by atoms with Gasteiger partial charge in [-0.2, -0.15) is 0 Å². The van der Waals surface area contributed by atoms with Crippen LogP contribution in [0.15, 0.2) is 12.3 Å². The maximum absolute atomic E-state index is 5.88. The Morgan fingerprint density at radius 3 is 2.57 bits per heavy atom. The monoisotopic (exact) mass is 192 g/mol. The minimum absolute atomic E-state index is 0.620. The molecule has 0 saturated carbocycles. The first kappa shape index (κ1) is 9.12. The van der Waals surface area contributed by atoms with Crippen molar-refractivity contribution in [1.29, 1.82) is 0 Å². The second kappa shape index (κ2) is 3.74. The quantitative estimate of drug-likeness (QED) is 0.702. The molecule has 1 aliphatic rings. The Labute approximate surface area is 83.9 Å². The third kappa shape index (κ3) is 1.60. The predicted molar refractivity (Wildman–Crippen MR) is 59.1 cm³/mol. The number of anilines is 3. The minimum atomic E-state index is 0.620. The van der Waals surface area contributed by atoms with Gasteiger partial charge >= 0.3 is 0 Å². The van der Waals surface area contributed by atoms with Crippen LogP contribution in [0.1, 0.15) is 19.3 Å². The van der Waals surface area contributed by atoms with E-state index in [1.54, 1.807) is 12.3 Å². The molecule has 1 saturated heterocycles.